The van der Waals surface area contributed by atoms with E-state index in [0.717, 1.165) is 22.0 Å². The summed E-state index contributed by atoms with van der Waals surface area (Å²) in [4.78, 5) is 12.5. The third-order valence-corrected chi connectivity index (χ3v) is 4.34. The molecule has 0 spiro atoms. The first kappa shape index (κ1) is 15.5. The number of hydrogen-bond acceptors (Lipinski definition) is 2. The van der Waals surface area contributed by atoms with E-state index in [2.05, 4.69) is 5.32 Å². The van der Waals surface area contributed by atoms with Gasteiger partial charge in [-0.05, 0) is 35.7 Å². The molecule has 0 atom stereocenters. The van der Waals surface area contributed by atoms with Gasteiger partial charge in [-0.3, -0.25) is 4.79 Å². The zero-order chi connectivity index (χ0) is 17.2. The topological polar surface area (TPSA) is 42.2 Å². The summed E-state index contributed by atoms with van der Waals surface area (Å²) in [6.07, 6.45) is 0. The van der Waals surface area contributed by atoms with Crippen molar-refractivity contribution in [2.45, 2.75) is 0 Å². The Kier molecular flexibility index (Phi) is 4.00. The first-order valence-electron chi connectivity index (χ1n) is 7.86. The summed E-state index contributed by atoms with van der Waals surface area (Å²) in [6.45, 7) is 0. The molecule has 0 aliphatic rings. The first-order valence-corrected chi connectivity index (χ1v) is 8.24. The molecule has 0 bridgehead atoms. The summed E-state index contributed by atoms with van der Waals surface area (Å²) in [7, 11) is 0. The molecule has 3 aromatic carbocycles. The molecular formula is C21H14ClNO2. The lowest BCUT2D eigenvalue weighted by Gasteiger charge is -2.07. The Morgan fingerprint density at radius 3 is 2.48 bits per heavy atom. The minimum absolute atomic E-state index is 0.239. The van der Waals surface area contributed by atoms with E-state index in [0.29, 0.717) is 10.8 Å². The van der Waals surface area contributed by atoms with Crippen molar-refractivity contribution in [2.75, 3.05) is 5.32 Å². The number of benzene rings is 3. The van der Waals surface area contributed by atoms with E-state index in [1.54, 1.807) is 18.2 Å². The standard InChI is InChI=1S/C21H14ClNO2/c22-17-10-4-3-9-16(17)19-12-13-20(25-19)21(24)23-18-11-5-7-14-6-1-2-8-15(14)18/h1-13H,(H,23,24). The largest absolute Gasteiger partial charge is 0.451 e. The average molecular weight is 348 g/mol. The number of carbonyl (C=O) groups excluding carboxylic acids is 1. The molecule has 4 heteroatoms. The van der Waals surface area contributed by atoms with Crippen LogP contribution in [0.5, 0.6) is 0 Å². The second-order valence-electron chi connectivity index (χ2n) is 5.62. The SMILES string of the molecule is O=C(Nc1cccc2ccccc12)c1ccc(-c2ccccc2Cl)o1. The highest BCUT2D eigenvalue weighted by molar-refractivity contribution is 6.33. The van der Waals surface area contributed by atoms with Crippen LogP contribution in [0.25, 0.3) is 22.1 Å². The van der Waals surface area contributed by atoms with Gasteiger partial charge in [0.1, 0.15) is 5.76 Å². The Hall–Kier alpha value is -3.04. The number of fused-ring (bicyclic) bond motifs is 1. The maximum Gasteiger partial charge on any atom is 0.291 e. The number of carbonyl (C=O) groups is 1. The predicted octanol–water partition coefficient (Wildman–Crippen LogP) is 6.01. The van der Waals surface area contributed by atoms with Crippen LogP contribution in [0.15, 0.2) is 83.3 Å². The van der Waals surface area contributed by atoms with E-state index in [4.69, 9.17) is 16.0 Å². The Morgan fingerprint density at radius 2 is 1.60 bits per heavy atom. The van der Waals surface area contributed by atoms with Gasteiger partial charge >= 0.3 is 0 Å². The fourth-order valence-corrected chi connectivity index (χ4v) is 3.01. The zero-order valence-electron chi connectivity index (χ0n) is 13.2. The van der Waals surface area contributed by atoms with Gasteiger partial charge in [0.2, 0.25) is 0 Å². The van der Waals surface area contributed by atoms with E-state index in [1.165, 1.54) is 0 Å². The van der Waals surface area contributed by atoms with Gasteiger partial charge < -0.3 is 9.73 Å². The summed E-state index contributed by atoms with van der Waals surface area (Å²) in [5, 5.41) is 5.55. The highest BCUT2D eigenvalue weighted by atomic mass is 35.5. The van der Waals surface area contributed by atoms with Crippen LogP contribution in [-0.2, 0) is 0 Å². The monoisotopic (exact) mass is 347 g/mol. The molecular weight excluding hydrogens is 334 g/mol. The summed E-state index contributed by atoms with van der Waals surface area (Å²) in [6, 6.07) is 24.5. The van der Waals surface area contributed by atoms with E-state index < -0.39 is 0 Å². The molecule has 1 aromatic heterocycles. The third-order valence-electron chi connectivity index (χ3n) is 4.01. The van der Waals surface area contributed by atoms with Crippen LogP contribution in [0.3, 0.4) is 0 Å². The minimum atomic E-state index is -0.297. The lowest BCUT2D eigenvalue weighted by atomic mass is 10.1. The zero-order valence-corrected chi connectivity index (χ0v) is 14.0. The lowest BCUT2D eigenvalue weighted by Crippen LogP contribution is -2.11. The second kappa shape index (κ2) is 6.46. The van der Waals surface area contributed by atoms with Crippen molar-refractivity contribution in [3.05, 3.63) is 89.6 Å². The molecule has 1 amide bonds. The minimum Gasteiger partial charge on any atom is -0.451 e. The molecule has 0 aliphatic heterocycles. The molecule has 4 aromatic rings. The van der Waals surface area contributed by atoms with Crippen LogP contribution in [0.1, 0.15) is 10.6 Å². The summed E-state index contributed by atoms with van der Waals surface area (Å²) < 4.78 is 5.70. The number of halogens is 1. The molecule has 0 unspecified atom stereocenters. The van der Waals surface area contributed by atoms with Crippen LogP contribution in [0.4, 0.5) is 5.69 Å². The molecule has 122 valence electrons. The van der Waals surface area contributed by atoms with Gasteiger partial charge in [-0.15, -0.1) is 0 Å². The molecule has 0 fully saturated rings. The van der Waals surface area contributed by atoms with Crippen LogP contribution in [-0.4, -0.2) is 5.91 Å². The average Bonchev–Trinajstić information content (AvgIpc) is 3.12. The maximum atomic E-state index is 12.5. The van der Waals surface area contributed by atoms with E-state index in [1.807, 2.05) is 60.7 Å². The number of furan rings is 1. The number of nitrogens with one attached hydrogen (secondary N) is 1. The molecule has 0 saturated carbocycles. The first-order chi connectivity index (χ1) is 12.2. The molecule has 1 heterocycles. The Bertz CT molecular complexity index is 1060. The number of hydrogen-bond donors (Lipinski definition) is 1. The van der Waals surface area contributed by atoms with Crippen LogP contribution in [0, 0.1) is 0 Å². The van der Waals surface area contributed by atoms with Crippen molar-refractivity contribution in [3.63, 3.8) is 0 Å². The lowest BCUT2D eigenvalue weighted by molar-refractivity contribution is 0.0997. The van der Waals surface area contributed by atoms with E-state index in [-0.39, 0.29) is 11.7 Å². The molecule has 3 nitrogen and oxygen atoms in total. The van der Waals surface area contributed by atoms with Crippen molar-refractivity contribution in [1.82, 2.24) is 0 Å². The van der Waals surface area contributed by atoms with E-state index in [9.17, 15) is 4.79 Å². The Labute approximate surface area is 149 Å². The molecule has 4 rings (SSSR count). The number of amides is 1. The Balaban J connectivity index is 1.63. The van der Waals surface area contributed by atoms with Gasteiger partial charge in [0, 0.05) is 16.6 Å². The third kappa shape index (κ3) is 3.02. The van der Waals surface area contributed by atoms with Crippen molar-refractivity contribution < 1.29 is 9.21 Å². The van der Waals surface area contributed by atoms with Crippen LogP contribution < -0.4 is 5.32 Å². The van der Waals surface area contributed by atoms with Gasteiger partial charge in [-0.25, -0.2) is 0 Å². The normalized spacial score (nSPS) is 10.8. The van der Waals surface area contributed by atoms with Gasteiger partial charge in [-0.2, -0.15) is 0 Å². The number of rotatable bonds is 3. The molecule has 25 heavy (non-hydrogen) atoms. The van der Waals surface area contributed by atoms with Gasteiger partial charge in [0.25, 0.3) is 5.91 Å². The summed E-state index contributed by atoms with van der Waals surface area (Å²) in [5.41, 5.74) is 1.51. The van der Waals surface area contributed by atoms with Gasteiger partial charge in [0.15, 0.2) is 5.76 Å². The molecule has 0 saturated heterocycles. The predicted molar refractivity (Wildman–Crippen MR) is 101 cm³/mol. The second-order valence-corrected chi connectivity index (χ2v) is 6.03. The summed E-state index contributed by atoms with van der Waals surface area (Å²) >= 11 is 6.18. The van der Waals surface area contributed by atoms with Crippen molar-refractivity contribution in [3.8, 4) is 11.3 Å². The van der Waals surface area contributed by atoms with Gasteiger partial charge in [-0.1, -0.05) is 60.1 Å². The highest BCUT2D eigenvalue weighted by Crippen LogP contribution is 2.29. The van der Waals surface area contributed by atoms with E-state index >= 15 is 0 Å². The van der Waals surface area contributed by atoms with Gasteiger partial charge in [0.05, 0.1) is 5.02 Å². The van der Waals surface area contributed by atoms with Crippen LogP contribution in [0.2, 0.25) is 5.02 Å². The fraction of sp³-hybridized carbons (Fsp3) is 0. The van der Waals surface area contributed by atoms with Crippen molar-refractivity contribution in [1.29, 1.82) is 0 Å². The number of anilines is 1. The quantitative estimate of drug-likeness (QED) is 0.493. The maximum absolute atomic E-state index is 12.5. The molecule has 0 radical (unpaired) electrons. The van der Waals surface area contributed by atoms with Crippen molar-refractivity contribution in [2.24, 2.45) is 0 Å². The van der Waals surface area contributed by atoms with Crippen molar-refractivity contribution >= 4 is 34.0 Å². The summed E-state index contributed by atoms with van der Waals surface area (Å²) in [5.74, 6) is 0.506. The van der Waals surface area contributed by atoms with Crippen LogP contribution >= 0.6 is 11.6 Å². The molecule has 0 aliphatic carbocycles. The fourth-order valence-electron chi connectivity index (χ4n) is 2.78. The molecule has 1 N–H and O–H groups in total. The Morgan fingerprint density at radius 1 is 0.840 bits per heavy atom. The highest BCUT2D eigenvalue weighted by Gasteiger charge is 2.14. The smallest absolute Gasteiger partial charge is 0.291 e.